The Bertz CT molecular complexity index is 654. The lowest BCUT2D eigenvalue weighted by atomic mass is 10.2. The van der Waals surface area contributed by atoms with Crippen molar-refractivity contribution in [3.05, 3.63) is 33.5 Å². The highest BCUT2D eigenvalue weighted by atomic mass is 79.9. The Morgan fingerprint density at radius 3 is 2.68 bits per heavy atom. The summed E-state index contributed by atoms with van der Waals surface area (Å²) < 4.78 is 0.819. The van der Waals surface area contributed by atoms with Crippen LogP contribution < -0.4 is 10.6 Å². The molecule has 0 radical (unpaired) electrons. The standard InChI is InChI=1S/C11H8BrClN6/c1-15-10-17-9(13)18-11(19-10)16-8-3-2-7(12)4-6(8)5-14/h2-4H,1H3,(H2,15,16,17,18,19). The molecule has 1 heterocycles. The van der Waals surface area contributed by atoms with E-state index in [0.717, 1.165) is 4.47 Å². The topological polar surface area (TPSA) is 86.5 Å². The molecule has 0 fully saturated rings. The van der Waals surface area contributed by atoms with E-state index >= 15 is 0 Å². The molecule has 1 aromatic heterocycles. The predicted molar refractivity (Wildman–Crippen MR) is 76.5 cm³/mol. The van der Waals surface area contributed by atoms with Crippen LogP contribution in [0.15, 0.2) is 22.7 Å². The van der Waals surface area contributed by atoms with E-state index < -0.39 is 0 Å². The Hall–Kier alpha value is -1.91. The molecule has 0 amide bonds. The van der Waals surface area contributed by atoms with E-state index in [9.17, 15) is 0 Å². The van der Waals surface area contributed by atoms with Gasteiger partial charge in [0, 0.05) is 11.5 Å². The summed E-state index contributed by atoms with van der Waals surface area (Å²) in [7, 11) is 1.68. The molecule has 0 saturated heterocycles. The van der Waals surface area contributed by atoms with Crippen molar-refractivity contribution in [3.8, 4) is 6.07 Å². The van der Waals surface area contributed by atoms with E-state index in [1.807, 2.05) is 6.07 Å². The Balaban J connectivity index is 2.36. The Morgan fingerprint density at radius 2 is 2.00 bits per heavy atom. The summed E-state index contributed by atoms with van der Waals surface area (Å²) in [6.07, 6.45) is 0. The second-order valence-corrected chi connectivity index (χ2v) is 4.68. The van der Waals surface area contributed by atoms with Gasteiger partial charge in [0.2, 0.25) is 17.2 Å². The van der Waals surface area contributed by atoms with Crippen LogP contribution in [0.5, 0.6) is 0 Å². The smallest absolute Gasteiger partial charge is 0.233 e. The average Bonchev–Trinajstić information content (AvgIpc) is 2.40. The van der Waals surface area contributed by atoms with Crippen LogP contribution in [0.2, 0.25) is 5.28 Å². The van der Waals surface area contributed by atoms with Gasteiger partial charge in [0.1, 0.15) is 6.07 Å². The summed E-state index contributed by atoms with van der Waals surface area (Å²) in [6.45, 7) is 0. The normalized spacial score (nSPS) is 9.79. The molecular formula is C11H8BrClN6. The predicted octanol–water partition coefficient (Wildman–Crippen LogP) is 2.94. The van der Waals surface area contributed by atoms with Crippen molar-refractivity contribution in [1.82, 2.24) is 15.0 Å². The lowest BCUT2D eigenvalue weighted by Gasteiger charge is -2.08. The fourth-order valence-electron chi connectivity index (χ4n) is 1.36. The van der Waals surface area contributed by atoms with Gasteiger partial charge in [0.05, 0.1) is 11.3 Å². The maximum atomic E-state index is 9.07. The van der Waals surface area contributed by atoms with Crippen LogP contribution in [-0.4, -0.2) is 22.0 Å². The first kappa shape index (κ1) is 13.5. The first-order valence-electron chi connectivity index (χ1n) is 5.18. The van der Waals surface area contributed by atoms with Crippen molar-refractivity contribution in [2.75, 3.05) is 17.7 Å². The highest BCUT2D eigenvalue weighted by Crippen LogP contribution is 2.23. The van der Waals surface area contributed by atoms with Gasteiger partial charge in [-0.05, 0) is 29.8 Å². The third-order valence-electron chi connectivity index (χ3n) is 2.18. The number of anilines is 3. The molecule has 0 aliphatic heterocycles. The minimum atomic E-state index is 0.0671. The molecule has 96 valence electrons. The van der Waals surface area contributed by atoms with Gasteiger partial charge in [0.15, 0.2) is 0 Å². The van der Waals surface area contributed by atoms with Crippen molar-refractivity contribution >= 4 is 45.1 Å². The zero-order valence-corrected chi connectivity index (χ0v) is 12.1. The molecular weight excluding hydrogens is 332 g/mol. The quantitative estimate of drug-likeness (QED) is 0.894. The number of hydrogen-bond donors (Lipinski definition) is 2. The molecule has 0 unspecified atom stereocenters. The third-order valence-corrected chi connectivity index (χ3v) is 2.84. The number of hydrogen-bond acceptors (Lipinski definition) is 6. The van der Waals surface area contributed by atoms with Gasteiger partial charge in [-0.15, -0.1) is 0 Å². The lowest BCUT2D eigenvalue weighted by molar-refractivity contribution is 1.05. The summed E-state index contributed by atoms with van der Waals surface area (Å²) in [5.41, 5.74) is 1.06. The zero-order chi connectivity index (χ0) is 13.8. The van der Waals surface area contributed by atoms with Gasteiger partial charge in [-0.2, -0.15) is 20.2 Å². The van der Waals surface area contributed by atoms with E-state index in [2.05, 4.69) is 47.6 Å². The van der Waals surface area contributed by atoms with Crippen LogP contribution in [0.3, 0.4) is 0 Å². The minimum absolute atomic E-state index is 0.0671. The molecule has 0 spiro atoms. The number of nitriles is 1. The molecule has 0 aliphatic rings. The van der Waals surface area contributed by atoms with Crippen LogP contribution in [0.1, 0.15) is 5.56 Å². The first-order chi connectivity index (χ1) is 9.12. The van der Waals surface area contributed by atoms with Gasteiger partial charge in [-0.1, -0.05) is 15.9 Å². The molecule has 0 aliphatic carbocycles. The van der Waals surface area contributed by atoms with Crippen LogP contribution in [0.4, 0.5) is 17.6 Å². The number of rotatable bonds is 3. The summed E-state index contributed by atoms with van der Waals surface area (Å²) in [5, 5.41) is 14.8. The maximum absolute atomic E-state index is 9.07. The van der Waals surface area contributed by atoms with E-state index in [1.54, 1.807) is 19.2 Å². The SMILES string of the molecule is CNc1nc(Cl)nc(Nc2ccc(Br)cc2C#N)n1. The molecule has 2 N–H and O–H groups in total. The number of aromatic nitrogens is 3. The summed E-state index contributed by atoms with van der Waals surface area (Å²) in [5.74, 6) is 0.612. The van der Waals surface area contributed by atoms with Crippen LogP contribution in [0, 0.1) is 11.3 Å². The molecule has 8 heteroatoms. The Labute approximate surface area is 123 Å². The molecule has 2 rings (SSSR count). The monoisotopic (exact) mass is 338 g/mol. The molecule has 0 atom stereocenters. The summed E-state index contributed by atoms with van der Waals surface area (Å²) in [4.78, 5) is 11.9. The molecule has 1 aromatic carbocycles. The lowest BCUT2D eigenvalue weighted by Crippen LogP contribution is -2.04. The molecule has 0 saturated carbocycles. The van der Waals surface area contributed by atoms with E-state index in [-0.39, 0.29) is 11.2 Å². The number of nitrogens with one attached hydrogen (secondary N) is 2. The first-order valence-corrected chi connectivity index (χ1v) is 6.35. The second-order valence-electron chi connectivity index (χ2n) is 3.43. The highest BCUT2D eigenvalue weighted by Gasteiger charge is 2.07. The van der Waals surface area contributed by atoms with Crippen molar-refractivity contribution in [2.45, 2.75) is 0 Å². The van der Waals surface area contributed by atoms with Crippen molar-refractivity contribution in [2.24, 2.45) is 0 Å². The van der Waals surface area contributed by atoms with Crippen LogP contribution >= 0.6 is 27.5 Å². The van der Waals surface area contributed by atoms with Gasteiger partial charge in [-0.3, -0.25) is 0 Å². The summed E-state index contributed by atoms with van der Waals surface area (Å²) in [6, 6.07) is 7.35. The van der Waals surface area contributed by atoms with E-state index in [1.165, 1.54) is 0 Å². The fourth-order valence-corrected chi connectivity index (χ4v) is 1.88. The van der Waals surface area contributed by atoms with Gasteiger partial charge in [-0.25, -0.2) is 0 Å². The third kappa shape index (κ3) is 3.30. The summed E-state index contributed by atoms with van der Waals surface area (Å²) >= 11 is 9.08. The largest absolute Gasteiger partial charge is 0.357 e. The second kappa shape index (κ2) is 5.82. The minimum Gasteiger partial charge on any atom is -0.357 e. The fraction of sp³-hybridized carbons (Fsp3) is 0.0909. The van der Waals surface area contributed by atoms with E-state index in [4.69, 9.17) is 16.9 Å². The zero-order valence-electron chi connectivity index (χ0n) is 9.78. The maximum Gasteiger partial charge on any atom is 0.233 e. The molecule has 6 nitrogen and oxygen atoms in total. The van der Waals surface area contributed by atoms with Crippen LogP contribution in [0.25, 0.3) is 0 Å². The molecule has 0 bridgehead atoms. The average molecular weight is 340 g/mol. The van der Waals surface area contributed by atoms with Crippen LogP contribution in [-0.2, 0) is 0 Å². The Kier molecular flexibility index (Phi) is 4.14. The highest BCUT2D eigenvalue weighted by molar-refractivity contribution is 9.10. The van der Waals surface area contributed by atoms with E-state index in [0.29, 0.717) is 17.2 Å². The molecule has 19 heavy (non-hydrogen) atoms. The van der Waals surface area contributed by atoms with Gasteiger partial charge < -0.3 is 10.6 Å². The Morgan fingerprint density at radius 1 is 1.26 bits per heavy atom. The van der Waals surface area contributed by atoms with Gasteiger partial charge >= 0.3 is 0 Å². The molecule has 2 aromatic rings. The number of nitrogens with zero attached hydrogens (tertiary/aromatic N) is 4. The number of halogens is 2. The van der Waals surface area contributed by atoms with Crippen molar-refractivity contribution in [3.63, 3.8) is 0 Å². The van der Waals surface area contributed by atoms with Crippen molar-refractivity contribution < 1.29 is 0 Å². The van der Waals surface area contributed by atoms with Gasteiger partial charge in [0.25, 0.3) is 0 Å². The van der Waals surface area contributed by atoms with Crippen molar-refractivity contribution in [1.29, 1.82) is 5.26 Å². The number of benzene rings is 1.